The molecule has 6 heteroatoms. The van der Waals surface area contributed by atoms with E-state index in [1.54, 1.807) is 7.11 Å². The summed E-state index contributed by atoms with van der Waals surface area (Å²) in [7, 11) is 1.64. The number of cyclic esters (lactones) is 1. The topological polar surface area (TPSA) is 66.5 Å². The maximum absolute atomic E-state index is 12.3. The maximum Gasteiger partial charge on any atom is 0.336 e. The number of allylic oxidation sites excluding steroid dienone is 1. The van der Waals surface area contributed by atoms with Gasteiger partial charge in [-0.3, -0.25) is 0 Å². The molecule has 31 heavy (non-hydrogen) atoms. The minimum absolute atomic E-state index is 0.0255. The zero-order valence-electron chi connectivity index (χ0n) is 19.9. The Balaban J connectivity index is 1.64. The predicted molar refractivity (Wildman–Crippen MR) is 117 cm³/mol. The van der Waals surface area contributed by atoms with E-state index in [9.17, 15) is 4.79 Å². The van der Waals surface area contributed by atoms with Gasteiger partial charge in [-0.05, 0) is 63.2 Å². The first-order valence-corrected chi connectivity index (χ1v) is 12.1. The molecule has 4 rings (SSSR count). The molecule has 2 aliphatic carbocycles. The number of ether oxygens (including phenoxy) is 5. The van der Waals surface area contributed by atoms with Crippen molar-refractivity contribution in [3.63, 3.8) is 0 Å². The summed E-state index contributed by atoms with van der Waals surface area (Å²) in [6, 6.07) is 0. The van der Waals surface area contributed by atoms with Gasteiger partial charge in [0.25, 0.3) is 0 Å². The van der Waals surface area contributed by atoms with E-state index >= 15 is 0 Å². The third-order valence-corrected chi connectivity index (χ3v) is 8.87. The molecule has 2 saturated heterocycles. The molecule has 3 unspecified atom stereocenters. The standard InChI is InChI=1S/C25H40O6/c1-6-28-15-24(4)19-10-13-25(16-31-25)20(23(19,3)12-11-21(24)29-7-2)9-8-17-18(27-5)14-30-22(17)26/h8,18-21H,6-7,9-16H2,1-5H3/b17-8+/t18-,19?,20?,21-,23+,24+,25?/m1/s1. The molecule has 4 aliphatic rings. The Labute approximate surface area is 187 Å². The van der Waals surface area contributed by atoms with E-state index in [0.29, 0.717) is 24.0 Å². The van der Waals surface area contributed by atoms with Gasteiger partial charge in [0.1, 0.15) is 12.7 Å². The Morgan fingerprint density at radius 3 is 2.58 bits per heavy atom. The van der Waals surface area contributed by atoms with Gasteiger partial charge in [-0.25, -0.2) is 4.79 Å². The second-order valence-corrected chi connectivity index (χ2v) is 10.3. The first-order valence-electron chi connectivity index (χ1n) is 12.1. The lowest BCUT2D eigenvalue weighted by molar-refractivity contribution is -0.195. The van der Waals surface area contributed by atoms with Gasteiger partial charge in [0.05, 0.1) is 30.5 Å². The molecule has 7 atom stereocenters. The number of epoxide rings is 1. The van der Waals surface area contributed by atoms with Gasteiger partial charge in [0.15, 0.2) is 0 Å². The van der Waals surface area contributed by atoms with E-state index in [0.717, 1.165) is 58.5 Å². The fraction of sp³-hybridized carbons (Fsp3) is 0.880. The van der Waals surface area contributed by atoms with Gasteiger partial charge in [0, 0.05) is 25.7 Å². The number of methoxy groups -OCH3 is 1. The number of hydrogen-bond acceptors (Lipinski definition) is 6. The fourth-order valence-electron chi connectivity index (χ4n) is 7.19. The van der Waals surface area contributed by atoms with Crippen molar-refractivity contribution in [1.29, 1.82) is 0 Å². The Morgan fingerprint density at radius 2 is 1.94 bits per heavy atom. The summed E-state index contributed by atoms with van der Waals surface area (Å²) in [5.41, 5.74) is 0.709. The monoisotopic (exact) mass is 436 g/mol. The third kappa shape index (κ3) is 3.88. The van der Waals surface area contributed by atoms with E-state index in [4.69, 9.17) is 23.7 Å². The highest BCUT2D eigenvalue weighted by Crippen LogP contribution is 2.66. The van der Waals surface area contributed by atoms with Crippen LogP contribution in [0.25, 0.3) is 0 Å². The van der Waals surface area contributed by atoms with Crippen LogP contribution in [0.2, 0.25) is 0 Å². The van der Waals surface area contributed by atoms with Crippen molar-refractivity contribution in [3.8, 4) is 0 Å². The first-order chi connectivity index (χ1) is 14.8. The lowest BCUT2D eigenvalue weighted by atomic mass is 9.45. The van der Waals surface area contributed by atoms with Crippen molar-refractivity contribution in [3.05, 3.63) is 11.6 Å². The minimum atomic E-state index is -0.257. The maximum atomic E-state index is 12.3. The summed E-state index contributed by atoms with van der Waals surface area (Å²) in [4.78, 5) is 12.3. The average Bonchev–Trinajstić information content (AvgIpc) is 3.43. The van der Waals surface area contributed by atoms with Gasteiger partial charge < -0.3 is 23.7 Å². The van der Waals surface area contributed by atoms with Crippen molar-refractivity contribution < 1.29 is 28.5 Å². The smallest absolute Gasteiger partial charge is 0.336 e. The molecular weight excluding hydrogens is 396 g/mol. The van der Waals surface area contributed by atoms with Crippen molar-refractivity contribution in [2.75, 3.05) is 40.1 Å². The van der Waals surface area contributed by atoms with E-state index in [-0.39, 0.29) is 34.6 Å². The van der Waals surface area contributed by atoms with Crippen LogP contribution in [0.4, 0.5) is 0 Å². The van der Waals surface area contributed by atoms with Crippen LogP contribution in [0.15, 0.2) is 11.6 Å². The summed E-state index contributed by atoms with van der Waals surface area (Å²) < 4.78 is 29.2. The average molecular weight is 437 g/mol. The summed E-state index contributed by atoms with van der Waals surface area (Å²) in [6.07, 6.45) is 7.23. The molecule has 0 radical (unpaired) electrons. The largest absolute Gasteiger partial charge is 0.459 e. The minimum Gasteiger partial charge on any atom is -0.459 e. The number of carbonyl (C=O) groups is 1. The molecule has 0 aromatic carbocycles. The Morgan fingerprint density at radius 1 is 1.16 bits per heavy atom. The van der Waals surface area contributed by atoms with Crippen LogP contribution in [-0.4, -0.2) is 63.9 Å². The molecule has 0 aromatic heterocycles. The molecule has 0 bridgehead atoms. The Bertz CT molecular complexity index is 700. The molecule has 2 heterocycles. The highest BCUT2D eigenvalue weighted by molar-refractivity contribution is 5.91. The van der Waals surface area contributed by atoms with Crippen LogP contribution in [0.3, 0.4) is 0 Å². The lowest BCUT2D eigenvalue weighted by Gasteiger charge is -2.61. The zero-order chi connectivity index (χ0) is 22.3. The lowest BCUT2D eigenvalue weighted by Crippen LogP contribution is -2.61. The van der Waals surface area contributed by atoms with Gasteiger partial charge in [-0.2, -0.15) is 0 Å². The first kappa shape index (κ1) is 23.2. The van der Waals surface area contributed by atoms with Crippen molar-refractivity contribution >= 4 is 5.97 Å². The predicted octanol–water partition coefficient (Wildman–Crippen LogP) is 3.92. The van der Waals surface area contributed by atoms with E-state index in [1.165, 1.54) is 0 Å². The summed E-state index contributed by atoms with van der Waals surface area (Å²) >= 11 is 0. The van der Waals surface area contributed by atoms with Crippen LogP contribution in [-0.2, 0) is 28.5 Å². The molecule has 2 aliphatic heterocycles. The highest BCUT2D eigenvalue weighted by Gasteiger charge is 2.67. The van der Waals surface area contributed by atoms with Crippen molar-refractivity contribution in [1.82, 2.24) is 0 Å². The van der Waals surface area contributed by atoms with E-state index in [2.05, 4.69) is 33.8 Å². The molecule has 0 N–H and O–H groups in total. The van der Waals surface area contributed by atoms with Crippen LogP contribution in [0.5, 0.6) is 0 Å². The zero-order valence-corrected chi connectivity index (χ0v) is 19.9. The normalized spacial score (nSPS) is 45.7. The molecule has 2 saturated carbocycles. The third-order valence-electron chi connectivity index (χ3n) is 8.87. The summed E-state index contributed by atoms with van der Waals surface area (Å²) in [6.45, 7) is 12.3. The second kappa shape index (κ2) is 8.77. The van der Waals surface area contributed by atoms with Crippen LogP contribution in [0, 0.1) is 22.7 Å². The van der Waals surface area contributed by atoms with Crippen molar-refractivity contribution in [2.45, 2.75) is 77.6 Å². The van der Waals surface area contributed by atoms with Crippen LogP contribution in [0.1, 0.15) is 59.8 Å². The van der Waals surface area contributed by atoms with Gasteiger partial charge in [-0.15, -0.1) is 0 Å². The molecule has 6 nitrogen and oxygen atoms in total. The second-order valence-electron chi connectivity index (χ2n) is 10.3. The SMILES string of the molecule is CCOC[C@@]1(C)C2CCC3(CO3)C(C/C=C3/C(=O)OC[C@H]3OC)[C@@]2(C)CC[C@H]1OCC. The highest BCUT2D eigenvalue weighted by atomic mass is 16.6. The number of fused-ring (bicyclic) bond motifs is 1. The summed E-state index contributed by atoms with van der Waals surface area (Å²) in [5, 5.41) is 0. The number of carbonyl (C=O) groups excluding carboxylic acids is 1. The Hall–Kier alpha value is -0.950. The van der Waals surface area contributed by atoms with Gasteiger partial charge in [-0.1, -0.05) is 19.9 Å². The molecule has 176 valence electrons. The van der Waals surface area contributed by atoms with Gasteiger partial charge in [0.2, 0.25) is 0 Å². The number of esters is 1. The van der Waals surface area contributed by atoms with Crippen molar-refractivity contribution in [2.24, 2.45) is 22.7 Å². The molecule has 0 aromatic rings. The number of hydrogen-bond donors (Lipinski definition) is 0. The molecule has 4 fully saturated rings. The van der Waals surface area contributed by atoms with E-state index in [1.807, 2.05) is 0 Å². The van der Waals surface area contributed by atoms with E-state index < -0.39 is 0 Å². The quantitative estimate of drug-likeness (QED) is 0.326. The molecular formula is C25H40O6. The fourth-order valence-corrected chi connectivity index (χ4v) is 7.19. The van der Waals surface area contributed by atoms with Gasteiger partial charge >= 0.3 is 5.97 Å². The molecule has 1 spiro atoms. The van der Waals surface area contributed by atoms with Crippen LogP contribution < -0.4 is 0 Å². The number of rotatable bonds is 8. The van der Waals surface area contributed by atoms with Crippen LogP contribution >= 0.6 is 0 Å². The summed E-state index contributed by atoms with van der Waals surface area (Å²) in [5.74, 6) is 0.612. The Kier molecular flexibility index (Phi) is 6.57. The molecule has 0 amide bonds.